The molecule has 0 aliphatic heterocycles. The summed E-state index contributed by atoms with van der Waals surface area (Å²) < 4.78 is 0.947. The normalized spacial score (nSPS) is 18.2. The van der Waals surface area contributed by atoms with E-state index < -0.39 is 0 Å². The third kappa shape index (κ3) is 3.44. The molecule has 0 saturated heterocycles. The second-order valence-corrected chi connectivity index (χ2v) is 6.73. The standard InChI is InChI=1S/C14H22BrN3/c1-11(2)7-14(5-3-4-6-14)9-17-13-12(15)8-16-10-18-13/h8,10-11H,3-7,9H2,1-2H3,(H,16,17,18). The van der Waals surface area contributed by atoms with Gasteiger partial charge in [-0.2, -0.15) is 0 Å². The van der Waals surface area contributed by atoms with Gasteiger partial charge in [-0.25, -0.2) is 9.97 Å². The van der Waals surface area contributed by atoms with Crippen LogP contribution in [0.2, 0.25) is 0 Å². The highest BCUT2D eigenvalue weighted by molar-refractivity contribution is 9.10. The van der Waals surface area contributed by atoms with Gasteiger partial charge in [0.05, 0.1) is 4.47 Å². The average Bonchev–Trinajstić information content (AvgIpc) is 2.76. The van der Waals surface area contributed by atoms with E-state index in [1.165, 1.54) is 32.1 Å². The Morgan fingerprint density at radius 1 is 1.39 bits per heavy atom. The highest BCUT2D eigenvalue weighted by atomic mass is 79.9. The monoisotopic (exact) mass is 311 g/mol. The van der Waals surface area contributed by atoms with Crippen LogP contribution in [-0.2, 0) is 0 Å². The number of halogens is 1. The Bertz CT molecular complexity index is 386. The van der Waals surface area contributed by atoms with Crippen molar-refractivity contribution in [2.45, 2.75) is 46.0 Å². The van der Waals surface area contributed by atoms with Crippen LogP contribution in [-0.4, -0.2) is 16.5 Å². The number of nitrogens with zero attached hydrogens (tertiary/aromatic N) is 2. The zero-order valence-electron chi connectivity index (χ0n) is 11.2. The van der Waals surface area contributed by atoms with E-state index in [9.17, 15) is 0 Å². The van der Waals surface area contributed by atoms with Crippen molar-refractivity contribution >= 4 is 21.7 Å². The van der Waals surface area contributed by atoms with Crippen molar-refractivity contribution < 1.29 is 0 Å². The smallest absolute Gasteiger partial charge is 0.143 e. The van der Waals surface area contributed by atoms with Crippen molar-refractivity contribution in [3.8, 4) is 0 Å². The summed E-state index contributed by atoms with van der Waals surface area (Å²) in [5, 5.41) is 3.50. The van der Waals surface area contributed by atoms with Gasteiger partial charge >= 0.3 is 0 Å². The number of aromatic nitrogens is 2. The molecule has 0 unspecified atom stereocenters. The second kappa shape index (κ2) is 6.00. The lowest BCUT2D eigenvalue weighted by atomic mass is 9.78. The van der Waals surface area contributed by atoms with Crippen LogP contribution in [0.25, 0.3) is 0 Å². The molecule has 1 N–H and O–H groups in total. The maximum absolute atomic E-state index is 4.28. The zero-order chi connectivity index (χ0) is 13.0. The van der Waals surface area contributed by atoms with Crippen LogP contribution in [0.15, 0.2) is 17.0 Å². The van der Waals surface area contributed by atoms with E-state index in [1.54, 1.807) is 12.5 Å². The minimum atomic E-state index is 0.471. The maximum Gasteiger partial charge on any atom is 0.143 e. The lowest BCUT2D eigenvalue weighted by molar-refractivity contribution is 0.252. The number of rotatable bonds is 5. The van der Waals surface area contributed by atoms with Crippen LogP contribution in [0.4, 0.5) is 5.82 Å². The Morgan fingerprint density at radius 3 is 2.72 bits per heavy atom. The van der Waals surface area contributed by atoms with Crippen LogP contribution < -0.4 is 5.32 Å². The van der Waals surface area contributed by atoms with E-state index in [-0.39, 0.29) is 0 Å². The topological polar surface area (TPSA) is 37.8 Å². The van der Waals surface area contributed by atoms with Gasteiger partial charge in [-0.15, -0.1) is 0 Å². The SMILES string of the molecule is CC(C)CC1(CNc2ncncc2Br)CCCC1. The maximum atomic E-state index is 4.28. The molecular formula is C14H22BrN3. The summed E-state index contributed by atoms with van der Waals surface area (Å²) in [4.78, 5) is 8.27. The Kier molecular flexibility index (Phi) is 4.60. The zero-order valence-corrected chi connectivity index (χ0v) is 12.8. The molecule has 1 saturated carbocycles. The quantitative estimate of drug-likeness (QED) is 0.883. The summed E-state index contributed by atoms with van der Waals surface area (Å²) in [5.74, 6) is 1.68. The Balaban J connectivity index is 2.00. The molecule has 1 heterocycles. The molecule has 100 valence electrons. The van der Waals surface area contributed by atoms with Crippen molar-refractivity contribution in [3.05, 3.63) is 17.0 Å². The van der Waals surface area contributed by atoms with Gasteiger partial charge in [-0.05, 0) is 46.5 Å². The van der Waals surface area contributed by atoms with Gasteiger partial charge < -0.3 is 5.32 Å². The molecule has 0 atom stereocenters. The molecule has 0 bridgehead atoms. The molecule has 0 amide bonds. The number of hydrogen-bond acceptors (Lipinski definition) is 3. The third-order valence-electron chi connectivity index (χ3n) is 3.80. The average molecular weight is 312 g/mol. The van der Waals surface area contributed by atoms with Crippen LogP contribution in [0.1, 0.15) is 46.0 Å². The largest absolute Gasteiger partial charge is 0.368 e. The molecule has 4 heteroatoms. The summed E-state index contributed by atoms with van der Waals surface area (Å²) in [6.45, 7) is 5.67. The minimum absolute atomic E-state index is 0.471. The van der Waals surface area contributed by atoms with E-state index in [0.29, 0.717) is 5.41 Å². The molecule has 1 aromatic rings. The summed E-state index contributed by atoms with van der Waals surface area (Å²) in [5.41, 5.74) is 0.471. The fourth-order valence-corrected chi connectivity index (χ4v) is 3.52. The van der Waals surface area contributed by atoms with E-state index in [4.69, 9.17) is 0 Å². The number of anilines is 1. The second-order valence-electron chi connectivity index (χ2n) is 5.88. The lowest BCUT2D eigenvalue weighted by Crippen LogP contribution is -2.28. The van der Waals surface area contributed by atoms with Crippen molar-refractivity contribution in [2.75, 3.05) is 11.9 Å². The molecule has 1 aliphatic rings. The van der Waals surface area contributed by atoms with Gasteiger partial charge in [-0.3, -0.25) is 0 Å². The van der Waals surface area contributed by atoms with Gasteiger partial charge in [0.25, 0.3) is 0 Å². The molecule has 0 aromatic carbocycles. The highest BCUT2D eigenvalue weighted by Gasteiger charge is 2.34. The number of hydrogen-bond donors (Lipinski definition) is 1. The third-order valence-corrected chi connectivity index (χ3v) is 4.38. The van der Waals surface area contributed by atoms with E-state index >= 15 is 0 Å². The Morgan fingerprint density at radius 2 is 2.11 bits per heavy atom. The molecule has 0 radical (unpaired) electrons. The predicted molar refractivity (Wildman–Crippen MR) is 78.6 cm³/mol. The van der Waals surface area contributed by atoms with Crippen LogP contribution in [0, 0.1) is 11.3 Å². The van der Waals surface area contributed by atoms with Gasteiger partial charge in [0.2, 0.25) is 0 Å². The summed E-state index contributed by atoms with van der Waals surface area (Å²) in [7, 11) is 0. The van der Waals surface area contributed by atoms with Crippen molar-refractivity contribution in [3.63, 3.8) is 0 Å². The molecule has 1 aliphatic carbocycles. The van der Waals surface area contributed by atoms with E-state index in [0.717, 1.165) is 22.8 Å². The van der Waals surface area contributed by atoms with Crippen LogP contribution in [0.5, 0.6) is 0 Å². The summed E-state index contributed by atoms with van der Waals surface area (Å²) >= 11 is 3.49. The summed E-state index contributed by atoms with van der Waals surface area (Å²) in [6.07, 6.45) is 10.1. The van der Waals surface area contributed by atoms with E-state index in [1.807, 2.05) is 0 Å². The molecule has 2 rings (SSSR count). The fraction of sp³-hybridized carbons (Fsp3) is 0.714. The van der Waals surface area contributed by atoms with Gasteiger partial charge in [0, 0.05) is 12.7 Å². The van der Waals surface area contributed by atoms with Gasteiger partial charge in [0.1, 0.15) is 12.1 Å². The van der Waals surface area contributed by atoms with Crippen molar-refractivity contribution in [1.29, 1.82) is 0 Å². The molecule has 18 heavy (non-hydrogen) atoms. The summed E-state index contributed by atoms with van der Waals surface area (Å²) in [6, 6.07) is 0. The molecule has 1 aromatic heterocycles. The Hall–Kier alpha value is -0.640. The molecule has 1 fully saturated rings. The molecular weight excluding hydrogens is 290 g/mol. The van der Waals surface area contributed by atoms with Crippen molar-refractivity contribution in [1.82, 2.24) is 9.97 Å². The first-order valence-electron chi connectivity index (χ1n) is 6.81. The Labute approximate surface area is 118 Å². The fourth-order valence-electron chi connectivity index (χ4n) is 3.16. The highest BCUT2D eigenvalue weighted by Crippen LogP contribution is 2.43. The number of nitrogens with one attached hydrogen (secondary N) is 1. The minimum Gasteiger partial charge on any atom is -0.368 e. The lowest BCUT2D eigenvalue weighted by Gasteiger charge is -2.31. The van der Waals surface area contributed by atoms with Crippen LogP contribution >= 0.6 is 15.9 Å². The van der Waals surface area contributed by atoms with Gasteiger partial charge in [-0.1, -0.05) is 26.7 Å². The first-order chi connectivity index (χ1) is 8.61. The van der Waals surface area contributed by atoms with E-state index in [2.05, 4.69) is 45.1 Å². The first-order valence-corrected chi connectivity index (χ1v) is 7.60. The first kappa shape index (κ1) is 13.8. The van der Waals surface area contributed by atoms with Gasteiger partial charge in [0.15, 0.2) is 0 Å². The predicted octanol–water partition coefficient (Wildman–Crippen LogP) is 4.26. The molecule has 3 nitrogen and oxygen atoms in total. The molecule has 0 spiro atoms. The van der Waals surface area contributed by atoms with Crippen LogP contribution in [0.3, 0.4) is 0 Å². The van der Waals surface area contributed by atoms with Crippen molar-refractivity contribution in [2.24, 2.45) is 11.3 Å².